The van der Waals surface area contributed by atoms with E-state index in [2.05, 4.69) is 20.6 Å². The summed E-state index contributed by atoms with van der Waals surface area (Å²) in [5.74, 6) is 0.312. The number of carbonyl (C=O) groups excluding carboxylic acids is 1. The van der Waals surface area contributed by atoms with Crippen molar-refractivity contribution >= 4 is 23.1 Å². The van der Waals surface area contributed by atoms with Crippen LogP contribution in [0.3, 0.4) is 0 Å². The van der Waals surface area contributed by atoms with Gasteiger partial charge in [-0.2, -0.15) is 0 Å². The largest absolute Gasteiger partial charge is 0.383 e. The molecule has 2 aliphatic rings. The Morgan fingerprint density at radius 3 is 2.80 bits per heavy atom. The van der Waals surface area contributed by atoms with Gasteiger partial charge in [-0.3, -0.25) is 9.20 Å². The average molecular weight is 477 g/mol. The van der Waals surface area contributed by atoms with Crippen molar-refractivity contribution in [3.63, 3.8) is 0 Å². The number of hydrogen-bond donors (Lipinski definition) is 3. The highest BCUT2D eigenvalue weighted by Gasteiger charge is 2.34. The summed E-state index contributed by atoms with van der Waals surface area (Å²) in [6, 6.07) is 9.94. The van der Waals surface area contributed by atoms with Crippen LogP contribution in [0.25, 0.3) is 16.9 Å². The van der Waals surface area contributed by atoms with Gasteiger partial charge >= 0.3 is 0 Å². The number of halogens is 2. The minimum absolute atomic E-state index is 0.0950. The van der Waals surface area contributed by atoms with E-state index in [4.69, 9.17) is 4.74 Å². The molecule has 2 aliphatic heterocycles. The molecular formula is C25H21F2N5O3. The van der Waals surface area contributed by atoms with Gasteiger partial charge in [-0.05, 0) is 29.8 Å². The second-order valence-electron chi connectivity index (χ2n) is 8.72. The van der Waals surface area contributed by atoms with Gasteiger partial charge in [-0.15, -0.1) is 0 Å². The average Bonchev–Trinajstić information content (AvgIpc) is 3.59. The predicted octanol–water partition coefficient (Wildman–Crippen LogP) is 3.93. The lowest BCUT2D eigenvalue weighted by Crippen LogP contribution is -2.25. The van der Waals surface area contributed by atoms with Crippen molar-refractivity contribution in [1.29, 1.82) is 0 Å². The molecule has 5 heterocycles. The van der Waals surface area contributed by atoms with Crippen LogP contribution < -0.4 is 10.6 Å². The van der Waals surface area contributed by atoms with E-state index >= 15 is 0 Å². The maximum atomic E-state index is 13.1. The van der Waals surface area contributed by atoms with Gasteiger partial charge in [0.2, 0.25) is 0 Å². The van der Waals surface area contributed by atoms with E-state index in [-0.39, 0.29) is 18.1 Å². The molecule has 4 aromatic rings. The molecule has 0 unspecified atom stereocenters. The van der Waals surface area contributed by atoms with Gasteiger partial charge in [0.1, 0.15) is 17.1 Å². The van der Waals surface area contributed by atoms with Crippen LogP contribution in [-0.2, 0) is 16.9 Å². The van der Waals surface area contributed by atoms with Gasteiger partial charge in [0, 0.05) is 48.7 Å². The van der Waals surface area contributed by atoms with Crippen molar-refractivity contribution in [1.82, 2.24) is 19.7 Å². The van der Waals surface area contributed by atoms with E-state index < -0.39 is 12.0 Å². The fraction of sp³-hybridized carbons (Fsp3) is 0.240. The van der Waals surface area contributed by atoms with Crippen LogP contribution in [-0.4, -0.2) is 38.6 Å². The van der Waals surface area contributed by atoms with Crippen molar-refractivity contribution in [2.75, 3.05) is 18.5 Å². The first-order valence-electron chi connectivity index (χ1n) is 11.2. The van der Waals surface area contributed by atoms with Crippen molar-refractivity contribution in [3.8, 4) is 11.3 Å². The van der Waals surface area contributed by atoms with Gasteiger partial charge in [-0.1, -0.05) is 12.1 Å². The van der Waals surface area contributed by atoms with Gasteiger partial charge < -0.3 is 20.5 Å². The Bertz CT molecular complexity index is 1450. The zero-order valence-electron chi connectivity index (χ0n) is 18.5. The lowest BCUT2D eigenvalue weighted by molar-refractivity contribution is 0.0229. The first kappa shape index (κ1) is 21.6. The molecule has 0 spiro atoms. The van der Waals surface area contributed by atoms with E-state index in [1.807, 2.05) is 6.07 Å². The molecule has 8 nitrogen and oxygen atoms in total. The Morgan fingerprint density at radius 1 is 1.17 bits per heavy atom. The molecule has 0 aliphatic carbocycles. The third-order valence-electron chi connectivity index (χ3n) is 6.60. The number of pyridine rings is 2. The zero-order chi connectivity index (χ0) is 24.2. The van der Waals surface area contributed by atoms with E-state index in [0.717, 1.165) is 11.1 Å². The number of aliphatic hydroxyl groups is 1. The molecule has 1 fully saturated rings. The molecule has 6 rings (SSSR count). The summed E-state index contributed by atoms with van der Waals surface area (Å²) in [7, 11) is 0. The number of fused-ring (bicyclic) bond motifs is 2. The molecule has 10 heteroatoms. The number of rotatable bonds is 5. The van der Waals surface area contributed by atoms with Crippen LogP contribution in [0.1, 0.15) is 39.9 Å². The highest BCUT2D eigenvalue weighted by Crippen LogP contribution is 2.36. The summed E-state index contributed by atoms with van der Waals surface area (Å²) in [5.41, 5.74) is 3.33. The number of amides is 1. The predicted molar refractivity (Wildman–Crippen MR) is 124 cm³/mol. The molecule has 1 aromatic carbocycles. The Morgan fingerprint density at radius 2 is 2.06 bits per heavy atom. The molecule has 0 bridgehead atoms. The number of carbonyl (C=O) groups is 1. The zero-order valence-corrected chi connectivity index (χ0v) is 18.5. The highest BCUT2D eigenvalue weighted by molar-refractivity contribution is 6.06. The fourth-order valence-electron chi connectivity index (χ4n) is 4.69. The second kappa shape index (κ2) is 8.10. The van der Waals surface area contributed by atoms with Crippen LogP contribution in [0.4, 0.5) is 20.3 Å². The molecular weight excluding hydrogens is 456 g/mol. The van der Waals surface area contributed by atoms with Gasteiger partial charge in [0.15, 0.2) is 0 Å². The van der Waals surface area contributed by atoms with E-state index in [1.54, 1.807) is 41.2 Å². The van der Waals surface area contributed by atoms with Crippen LogP contribution in [0.2, 0.25) is 0 Å². The Hall–Kier alpha value is -3.89. The summed E-state index contributed by atoms with van der Waals surface area (Å²) in [6.45, 7) is 1.08. The van der Waals surface area contributed by atoms with Crippen LogP contribution in [0.5, 0.6) is 0 Å². The minimum atomic E-state index is -2.58. The fourth-order valence-corrected chi connectivity index (χ4v) is 4.69. The molecule has 3 aromatic heterocycles. The Kier molecular flexibility index (Phi) is 5.01. The van der Waals surface area contributed by atoms with Crippen molar-refractivity contribution < 1.29 is 23.4 Å². The number of anilines is 2. The van der Waals surface area contributed by atoms with Gasteiger partial charge in [-0.25, -0.2) is 18.7 Å². The maximum Gasteiger partial charge on any atom is 0.264 e. The van der Waals surface area contributed by atoms with Crippen molar-refractivity contribution in [2.45, 2.75) is 25.0 Å². The van der Waals surface area contributed by atoms with Crippen LogP contribution >= 0.6 is 0 Å². The lowest BCUT2D eigenvalue weighted by atomic mass is 9.95. The van der Waals surface area contributed by atoms with Crippen LogP contribution in [0.15, 0.2) is 55.0 Å². The summed E-state index contributed by atoms with van der Waals surface area (Å²) in [5, 5.41) is 16.7. The summed E-state index contributed by atoms with van der Waals surface area (Å²) < 4.78 is 33.2. The normalized spacial score (nSPS) is 19.4. The molecule has 35 heavy (non-hydrogen) atoms. The summed E-state index contributed by atoms with van der Waals surface area (Å²) in [4.78, 5) is 21.4. The maximum absolute atomic E-state index is 13.1. The Balaban J connectivity index is 1.35. The standard InChI is InChI=1S/C25H21F2N5O3/c26-23(27)14-5-7-32-19(12-29-21(32)9-14)16-2-3-18(22-17(16)11-30-24(22)33)31-20-4-1-15(10-28-20)25(34)6-8-35-13-25/h1-5,7,9-10,12,23,34H,6,8,11,13H2,(H,28,31)(H,30,33)/t25-/m1/s1. The minimum Gasteiger partial charge on any atom is -0.383 e. The number of nitrogens with one attached hydrogen (secondary N) is 2. The lowest BCUT2D eigenvalue weighted by Gasteiger charge is -2.20. The monoisotopic (exact) mass is 477 g/mol. The smallest absolute Gasteiger partial charge is 0.264 e. The topological polar surface area (TPSA) is 101 Å². The molecule has 0 saturated carbocycles. The summed E-state index contributed by atoms with van der Waals surface area (Å²) in [6.07, 6.45) is 2.74. The number of alkyl halides is 2. The third-order valence-corrected chi connectivity index (χ3v) is 6.60. The van der Waals surface area contributed by atoms with E-state index in [0.29, 0.717) is 53.5 Å². The van der Waals surface area contributed by atoms with Gasteiger partial charge in [0.25, 0.3) is 12.3 Å². The molecule has 1 atom stereocenters. The quantitative estimate of drug-likeness (QED) is 0.403. The molecule has 1 amide bonds. The second-order valence-corrected chi connectivity index (χ2v) is 8.72. The summed E-state index contributed by atoms with van der Waals surface area (Å²) >= 11 is 0. The SMILES string of the molecule is O=C1NCc2c(-c3cnc4cc(C(F)F)ccn34)ccc(Nc3ccc([C@@]4(O)CCOC4)cn3)c21. The first-order valence-corrected chi connectivity index (χ1v) is 11.2. The molecule has 1 saturated heterocycles. The van der Waals surface area contributed by atoms with Crippen molar-refractivity contribution in [3.05, 3.63) is 77.2 Å². The van der Waals surface area contributed by atoms with Crippen LogP contribution in [0, 0.1) is 0 Å². The number of nitrogens with zero attached hydrogens (tertiary/aromatic N) is 3. The highest BCUT2D eigenvalue weighted by atomic mass is 19.3. The van der Waals surface area contributed by atoms with E-state index in [1.165, 1.54) is 12.1 Å². The number of aromatic nitrogens is 3. The number of benzene rings is 1. The molecule has 0 radical (unpaired) electrons. The third kappa shape index (κ3) is 3.62. The molecule has 3 N–H and O–H groups in total. The Labute approximate surface area is 198 Å². The van der Waals surface area contributed by atoms with Crippen molar-refractivity contribution in [2.24, 2.45) is 0 Å². The van der Waals surface area contributed by atoms with E-state index in [9.17, 15) is 18.7 Å². The first-order chi connectivity index (χ1) is 16.9. The van der Waals surface area contributed by atoms with Gasteiger partial charge in [0.05, 0.1) is 29.7 Å². The number of ether oxygens (including phenoxy) is 1. The molecule has 178 valence electrons. The number of imidazole rings is 1. The number of hydrogen-bond acceptors (Lipinski definition) is 6.